The predicted octanol–water partition coefficient (Wildman–Crippen LogP) is 3.31. The summed E-state index contributed by atoms with van der Waals surface area (Å²) in [5.41, 5.74) is 2.79. The van der Waals surface area contributed by atoms with Crippen molar-refractivity contribution in [3.63, 3.8) is 0 Å². The highest BCUT2D eigenvalue weighted by atomic mass is 16.5. The zero-order valence-corrected chi connectivity index (χ0v) is 18.3. The van der Waals surface area contributed by atoms with Gasteiger partial charge in [-0.2, -0.15) is 0 Å². The van der Waals surface area contributed by atoms with Gasteiger partial charge in [-0.15, -0.1) is 0 Å². The lowest BCUT2D eigenvalue weighted by molar-refractivity contribution is -0.116. The molecule has 0 spiro atoms. The van der Waals surface area contributed by atoms with Crippen LogP contribution in [0.15, 0.2) is 61.2 Å². The van der Waals surface area contributed by atoms with Crippen molar-refractivity contribution in [2.75, 3.05) is 27.2 Å². The SMILES string of the molecule is C=CC(=O)NCc1ccc(C(=O)NC[C@H]2CCCN(C)[C@H]2c2ccc(OC)cc2)cc1. The molecule has 6 nitrogen and oxygen atoms in total. The smallest absolute Gasteiger partial charge is 0.251 e. The Labute approximate surface area is 184 Å². The Morgan fingerprint density at radius 3 is 2.48 bits per heavy atom. The minimum Gasteiger partial charge on any atom is -0.497 e. The third kappa shape index (κ3) is 5.95. The largest absolute Gasteiger partial charge is 0.497 e. The summed E-state index contributed by atoms with van der Waals surface area (Å²) in [5.74, 6) is 0.887. The first-order chi connectivity index (χ1) is 15.0. The molecular weight excluding hydrogens is 390 g/mol. The third-order valence-corrected chi connectivity index (χ3v) is 5.86. The molecular formula is C25H31N3O3. The van der Waals surface area contributed by atoms with Crippen molar-refractivity contribution in [1.29, 1.82) is 0 Å². The average Bonchev–Trinajstić information content (AvgIpc) is 2.81. The summed E-state index contributed by atoms with van der Waals surface area (Å²) in [6.45, 7) is 5.51. The van der Waals surface area contributed by atoms with E-state index in [2.05, 4.69) is 41.3 Å². The molecule has 2 atom stereocenters. The Balaban J connectivity index is 1.60. The van der Waals surface area contributed by atoms with Gasteiger partial charge >= 0.3 is 0 Å². The van der Waals surface area contributed by atoms with Crippen LogP contribution in [-0.2, 0) is 11.3 Å². The molecule has 0 radical (unpaired) electrons. The molecule has 0 saturated carbocycles. The summed E-state index contributed by atoms with van der Waals surface area (Å²) in [5, 5.41) is 5.84. The van der Waals surface area contributed by atoms with Gasteiger partial charge in [-0.3, -0.25) is 14.5 Å². The van der Waals surface area contributed by atoms with Crippen LogP contribution in [0.4, 0.5) is 0 Å². The van der Waals surface area contributed by atoms with Crippen LogP contribution in [0.2, 0.25) is 0 Å². The first-order valence-corrected chi connectivity index (χ1v) is 10.6. The number of rotatable bonds is 8. The number of piperidine rings is 1. The minimum absolute atomic E-state index is 0.0802. The number of nitrogens with one attached hydrogen (secondary N) is 2. The Morgan fingerprint density at radius 2 is 1.84 bits per heavy atom. The zero-order chi connectivity index (χ0) is 22.2. The molecule has 1 heterocycles. The molecule has 0 unspecified atom stereocenters. The highest BCUT2D eigenvalue weighted by Gasteiger charge is 2.30. The fraction of sp³-hybridized carbons (Fsp3) is 0.360. The number of carbonyl (C=O) groups is 2. The van der Waals surface area contributed by atoms with Gasteiger partial charge in [-0.05, 0) is 73.8 Å². The number of methoxy groups -OCH3 is 1. The summed E-state index contributed by atoms with van der Waals surface area (Å²) < 4.78 is 5.28. The van der Waals surface area contributed by atoms with Gasteiger partial charge in [-0.1, -0.05) is 30.8 Å². The topological polar surface area (TPSA) is 70.7 Å². The van der Waals surface area contributed by atoms with E-state index in [0.29, 0.717) is 24.6 Å². The van der Waals surface area contributed by atoms with E-state index in [9.17, 15) is 9.59 Å². The molecule has 3 rings (SSSR count). The number of nitrogens with zero attached hydrogens (tertiary/aromatic N) is 1. The van der Waals surface area contributed by atoms with Crippen LogP contribution in [-0.4, -0.2) is 44.0 Å². The van der Waals surface area contributed by atoms with Crippen molar-refractivity contribution in [3.05, 3.63) is 77.9 Å². The third-order valence-electron chi connectivity index (χ3n) is 5.86. The first-order valence-electron chi connectivity index (χ1n) is 10.6. The minimum atomic E-state index is -0.217. The molecule has 31 heavy (non-hydrogen) atoms. The predicted molar refractivity (Wildman–Crippen MR) is 122 cm³/mol. The van der Waals surface area contributed by atoms with Gasteiger partial charge in [-0.25, -0.2) is 0 Å². The molecule has 2 amide bonds. The molecule has 1 aliphatic rings. The second-order valence-electron chi connectivity index (χ2n) is 7.93. The van der Waals surface area contributed by atoms with E-state index >= 15 is 0 Å². The fourth-order valence-corrected chi connectivity index (χ4v) is 4.16. The maximum absolute atomic E-state index is 12.7. The number of likely N-dealkylation sites (tertiary alicyclic amines) is 1. The zero-order valence-electron chi connectivity index (χ0n) is 18.3. The Morgan fingerprint density at radius 1 is 1.13 bits per heavy atom. The van der Waals surface area contributed by atoms with Crippen LogP contribution in [0, 0.1) is 5.92 Å². The van der Waals surface area contributed by atoms with E-state index in [0.717, 1.165) is 30.7 Å². The number of amides is 2. The summed E-state index contributed by atoms with van der Waals surface area (Å²) >= 11 is 0. The lowest BCUT2D eigenvalue weighted by Gasteiger charge is -2.39. The lowest BCUT2D eigenvalue weighted by atomic mass is 9.85. The molecule has 2 aromatic rings. The molecule has 6 heteroatoms. The molecule has 164 valence electrons. The molecule has 0 aliphatic carbocycles. The van der Waals surface area contributed by atoms with E-state index in [1.807, 2.05) is 24.3 Å². The molecule has 0 aromatic heterocycles. The van der Waals surface area contributed by atoms with Gasteiger partial charge in [0.1, 0.15) is 5.75 Å². The normalized spacial score (nSPS) is 18.8. The van der Waals surface area contributed by atoms with Crippen LogP contribution in [0.3, 0.4) is 0 Å². The molecule has 0 bridgehead atoms. The number of carbonyl (C=O) groups excluding carboxylic acids is 2. The van der Waals surface area contributed by atoms with Crippen molar-refractivity contribution in [2.45, 2.75) is 25.4 Å². The molecule has 1 saturated heterocycles. The second kappa shape index (κ2) is 10.8. The van der Waals surface area contributed by atoms with Crippen molar-refractivity contribution in [2.24, 2.45) is 5.92 Å². The van der Waals surface area contributed by atoms with Gasteiger partial charge in [0.05, 0.1) is 7.11 Å². The van der Waals surface area contributed by atoms with E-state index in [1.165, 1.54) is 11.6 Å². The van der Waals surface area contributed by atoms with Gasteiger partial charge in [0.25, 0.3) is 5.91 Å². The van der Waals surface area contributed by atoms with Crippen molar-refractivity contribution >= 4 is 11.8 Å². The maximum Gasteiger partial charge on any atom is 0.251 e. The second-order valence-corrected chi connectivity index (χ2v) is 7.93. The van der Waals surface area contributed by atoms with Gasteiger partial charge < -0.3 is 15.4 Å². The number of hydrogen-bond donors (Lipinski definition) is 2. The summed E-state index contributed by atoms with van der Waals surface area (Å²) in [6, 6.07) is 15.8. The molecule has 1 aliphatic heterocycles. The Hall–Kier alpha value is -3.12. The van der Waals surface area contributed by atoms with Crippen molar-refractivity contribution < 1.29 is 14.3 Å². The Bertz CT molecular complexity index is 893. The highest BCUT2D eigenvalue weighted by Crippen LogP contribution is 2.35. The van der Waals surface area contributed by atoms with Gasteiger partial charge in [0.2, 0.25) is 5.91 Å². The Kier molecular flexibility index (Phi) is 7.84. The summed E-state index contributed by atoms with van der Waals surface area (Å²) in [7, 11) is 3.82. The fourth-order valence-electron chi connectivity index (χ4n) is 4.16. The standard InChI is InChI=1S/C25H31N3O3/c1-4-23(29)26-16-18-7-9-20(10-8-18)25(30)27-17-21-6-5-15-28(2)24(21)19-11-13-22(31-3)14-12-19/h4,7-14,21,24H,1,5-6,15-17H2,2-3H3,(H,26,29)(H,27,30)/t21-,24+/m1/s1. The van der Waals surface area contributed by atoms with E-state index in [-0.39, 0.29) is 17.9 Å². The summed E-state index contributed by atoms with van der Waals surface area (Å²) in [4.78, 5) is 26.3. The van der Waals surface area contributed by atoms with Crippen LogP contribution in [0.5, 0.6) is 5.75 Å². The number of benzene rings is 2. The molecule has 1 fully saturated rings. The van der Waals surface area contributed by atoms with Crippen LogP contribution in [0.25, 0.3) is 0 Å². The number of hydrogen-bond acceptors (Lipinski definition) is 4. The molecule has 2 aromatic carbocycles. The van der Waals surface area contributed by atoms with Gasteiger partial charge in [0.15, 0.2) is 0 Å². The maximum atomic E-state index is 12.7. The average molecular weight is 422 g/mol. The summed E-state index contributed by atoms with van der Waals surface area (Å²) in [6.07, 6.45) is 3.43. The highest BCUT2D eigenvalue weighted by molar-refractivity contribution is 5.94. The van der Waals surface area contributed by atoms with Crippen LogP contribution in [0.1, 0.15) is 40.4 Å². The van der Waals surface area contributed by atoms with E-state index in [1.54, 1.807) is 19.2 Å². The van der Waals surface area contributed by atoms with Crippen molar-refractivity contribution in [1.82, 2.24) is 15.5 Å². The first kappa shape index (κ1) is 22.6. The molecule has 2 N–H and O–H groups in total. The van der Waals surface area contributed by atoms with Crippen LogP contribution < -0.4 is 15.4 Å². The van der Waals surface area contributed by atoms with E-state index in [4.69, 9.17) is 4.74 Å². The van der Waals surface area contributed by atoms with E-state index < -0.39 is 0 Å². The lowest BCUT2D eigenvalue weighted by Crippen LogP contribution is -2.41. The quantitative estimate of drug-likeness (QED) is 0.642. The van der Waals surface area contributed by atoms with Crippen molar-refractivity contribution in [3.8, 4) is 5.75 Å². The number of ether oxygens (including phenoxy) is 1. The van der Waals surface area contributed by atoms with Gasteiger partial charge in [0, 0.05) is 24.7 Å². The monoisotopic (exact) mass is 421 g/mol. The van der Waals surface area contributed by atoms with Crippen LogP contribution >= 0.6 is 0 Å².